The molecule has 2 aromatic rings. The third-order valence-corrected chi connectivity index (χ3v) is 2.28. The van der Waals surface area contributed by atoms with Gasteiger partial charge in [-0.1, -0.05) is 0 Å². The first-order valence-corrected chi connectivity index (χ1v) is 4.78. The van der Waals surface area contributed by atoms with Gasteiger partial charge >= 0.3 is 5.97 Å². The molecule has 0 atom stereocenters. The van der Waals surface area contributed by atoms with Crippen molar-refractivity contribution in [3.8, 4) is 11.8 Å². The van der Waals surface area contributed by atoms with E-state index in [1.54, 1.807) is 19.1 Å². The normalized spacial score (nSPS) is 9.88. The Morgan fingerprint density at radius 1 is 1.53 bits per heavy atom. The standard InChI is InChI=1S/C11H8N4O2/c1-7-4-8(11(16)17)2-3-9(7)15-6-13-10(5-12)14-15/h2-4,6H,1H3,(H,16,17). The Kier molecular flexibility index (Phi) is 2.58. The summed E-state index contributed by atoms with van der Waals surface area (Å²) in [6.07, 6.45) is 1.42. The van der Waals surface area contributed by atoms with Crippen molar-refractivity contribution in [2.75, 3.05) is 0 Å². The minimum atomic E-state index is -0.976. The molecule has 0 saturated heterocycles. The first kappa shape index (κ1) is 10.8. The molecule has 0 amide bonds. The van der Waals surface area contributed by atoms with Crippen LogP contribution < -0.4 is 0 Å². The van der Waals surface area contributed by atoms with E-state index in [1.807, 2.05) is 6.07 Å². The molecule has 1 aromatic carbocycles. The van der Waals surface area contributed by atoms with Crippen LogP contribution in [0.1, 0.15) is 21.7 Å². The number of hydrogen-bond acceptors (Lipinski definition) is 4. The lowest BCUT2D eigenvalue weighted by Gasteiger charge is -2.05. The highest BCUT2D eigenvalue weighted by Gasteiger charge is 2.08. The maximum absolute atomic E-state index is 10.8. The molecule has 0 saturated carbocycles. The molecule has 0 spiro atoms. The molecule has 0 aliphatic heterocycles. The van der Waals surface area contributed by atoms with Crippen molar-refractivity contribution in [1.29, 1.82) is 5.26 Å². The van der Waals surface area contributed by atoms with E-state index in [4.69, 9.17) is 10.4 Å². The number of aromatic nitrogens is 3. The fraction of sp³-hybridized carbons (Fsp3) is 0.0909. The van der Waals surface area contributed by atoms with Crippen molar-refractivity contribution in [3.63, 3.8) is 0 Å². The Morgan fingerprint density at radius 3 is 2.82 bits per heavy atom. The number of nitrogens with zero attached hydrogens (tertiary/aromatic N) is 4. The molecular weight excluding hydrogens is 220 g/mol. The first-order chi connectivity index (χ1) is 8.11. The van der Waals surface area contributed by atoms with E-state index in [0.717, 1.165) is 5.56 Å². The molecule has 6 nitrogen and oxygen atoms in total. The number of carboxylic acids is 1. The zero-order chi connectivity index (χ0) is 12.4. The fourth-order valence-electron chi connectivity index (χ4n) is 1.48. The third kappa shape index (κ3) is 1.99. The van der Waals surface area contributed by atoms with Crippen molar-refractivity contribution in [2.24, 2.45) is 0 Å². The summed E-state index contributed by atoms with van der Waals surface area (Å²) in [5.41, 5.74) is 1.66. The van der Waals surface area contributed by atoms with Crippen LogP contribution in [0.25, 0.3) is 5.69 Å². The van der Waals surface area contributed by atoms with Gasteiger partial charge in [-0.15, -0.1) is 5.10 Å². The molecule has 0 unspecified atom stereocenters. The van der Waals surface area contributed by atoms with Gasteiger partial charge in [-0.05, 0) is 30.7 Å². The Hall–Kier alpha value is -2.68. The third-order valence-electron chi connectivity index (χ3n) is 2.28. The summed E-state index contributed by atoms with van der Waals surface area (Å²) in [5.74, 6) is -0.900. The van der Waals surface area contributed by atoms with Gasteiger partial charge < -0.3 is 5.11 Å². The van der Waals surface area contributed by atoms with Crippen LogP contribution in [0.3, 0.4) is 0 Å². The lowest BCUT2D eigenvalue weighted by atomic mass is 10.1. The monoisotopic (exact) mass is 228 g/mol. The van der Waals surface area contributed by atoms with Gasteiger partial charge in [-0.25, -0.2) is 14.5 Å². The number of hydrogen-bond donors (Lipinski definition) is 1. The molecular formula is C11H8N4O2. The smallest absolute Gasteiger partial charge is 0.335 e. The van der Waals surface area contributed by atoms with E-state index in [9.17, 15) is 4.79 Å². The maximum Gasteiger partial charge on any atom is 0.335 e. The lowest BCUT2D eigenvalue weighted by molar-refractivity contribution is 0.0697. The van der Waals surface area contributed by atoms with Gasteiger partial charge in [0, 0.05) is 0 Å². The largest absolute Gasteiger partial charge is 0.478 e. The van der Waals surface area contributed by atoms with Gasteiger partial charge in [0.15, 0.2) is 0 Å². The molecule has 0 radical (unpaired) electrons. The number of rotatable bonds is 2. The summed E-state index contributed by atoms with van der Waals surface area (Å²) in [4.78, 5) is 14.6. The predicted molar refractivity (Wildman–Crippen MR) is 57.8 cm³/mol. The van der Waals surface area contributed by atoms with Crippen molar-refractivity contribution < 1.29 is 9.90 Å². The minimum absolute atomic E-state index is 0.0757. The number of carbonyl (C=O) groups is 1. The average molecular weight is 228 g/mol. The molecule has 17 heavy (non-hydrogen) atoms. The van der Waals surface area contributed by atoms with Gasteiger partial charge in [0.25, 0.3) is 5.82 Å². The summed E-state index contributed by atoms with van der Waals surface area (Å²) >= 11 is 0. The van der Waals surface area contributed by atoms with Crippen molar-refractivity contribution in [1.82, 2.24) is 14.8 Å². The van der Waals surface area contributed by atoms with E-state index in [1.165, 1.54) is 17.1 Å². The Labute approximate surface area is 96.8 Å². The molecule has 0 aliphatic rings. The van der Waals surface area contributed by atoms with Gasteiger partial charge in [0.1, 0.15) is 12.4 Å². The average Bonchev–Trinajstić information content (AvgIpc) is 2.77. The van der Waals surface area contributed by atoms with Crippen molar-refractivity contribution in [2.45, 2.75) is 6.92 Å². The predicted octanol–water partition coefficient (Wildman–Crippen LogP) is 1.15. The van der Waals surface area contributed by atoms with Crippen LogP contribution in [-0.4, -0.2) is 25.8 Å². The lowest BCUT2D eigenvalue weighted by Crippen LogP contribution is -2.02. The van der Waals surface area contributed by atoms with Gasteiger partial charge in [0.05, 0.1) is 11.3 Å². The summed E-state index contributed by atoms with van der Waals surface area (Å²) in [6.45, 7) is 1.77. The van der Waals surface area contributed by atoms with Crippen molar-refractivity contribution in [3.05, 3.63) is 41.5 Å². The first-order valence-electron chi connectivity index (χ1n) is 4.78. The highest BCUT2D eigenvalue weighted by molar-refractivity contribution is 5.88. The zero-order valence-corrected chi connectivity index (χ0v) is 8.95. The van der Waals surface area contributed by atoms with Crippen LogP contribution in [0.4, 0.5) is 0 Å². The Balaban J connectivity index is 2.47. The number of aromatic carboxylic acids is 1. The van der Waals surface area contributed by atoms with Crippen molar-refractivity contribution >= 4 is 5.97 Å². The van der Waals surface area contributed by atoms with Gasteiger partial charge in [0.2, 0.25) is 0 Å². The molecule has 1 aromatic heterocycles. The molecule has 1 heterocycles. The maximum atomic E-state index is 10.8. The SMILES string of the molecule is Cc1cc(C(=O)O)ccc1-n1cnc(C#N)n1. The van der Waals surface area contributed by atoms with Crippen LogP contribution in [0.5, 0.6) is 0 Å². The van der Waals surface area contributed by atoms with Gasteiger partial charge in [-0.3, -0.25) is 0 Å². The number of nitriles is 1. The Bertz CT molecular complexity index is 625. The fourth-order valence-corrected chi connectivity index (χ4v) is 1.48. The quantitative estimate of drug-likeness (QED) is 0.832. The van der Waals surface area contributed by atoms with Crippen LogP contribution in [0, 0.1) is 18.3 Å². The topological polar surface area (TPSA) is 91.8 Å². The van der Waals surface area contributed by atoms with Crippen LogP contribution in [0.2, 0.25) is 0 Å². The van der Waals surface area contributed by atoms with E-state index in [-0.39, 0.29) is 11.4 Å². The highest BCUT2D eigenvalue weighted by atomic mass is 16.4. The summed E-state index contributed by atoms with van der Waals surface area (Å²) in [7, 11) is 0. The Morgan fingerprint density at radius 2 is 2.29 bits per heavy atom. The molecule has 2 rings (SSSR count). The number of carboxylic acid groups (broad SMARTS) is 1. The number of benzene rings is 1. The summed E-state index contributed by atoms with van der Waals surface area (Å²) in [6, 6.07) is 6.49. The number of aryl methyl sites for hydroxylation is 1. The van der Waals surface area contributed by atoms with E-state index in [2.05, 4.69) is 10.1 Å². The minimum Gasteiger partial charge on any atom is -0.478 e. The highest BCUT2D eigenvalue weighted by Crippen LogP contribution is 2.14. The summed E-state index contributed by atoms with van der Waals surface area (Å²) in [5, 5.41) is 21.4. The van der Waals surface area contributed by atoms with E-state index < -0.39 is 5.97 Å². The molecule has 0 aliphatic carbocycles. The van der Waals surface area contributed by atoms with E-state index in [0.29, 0.717) is 5.69 Å². The van der Waals surface area contributed by atoms with Crippen LogP contribution in [-0.2, 0) is 0 Å². The molecule has 6 heteroatoms. The molecule has 84 valence electrons. The zero-order valence-electron chi connectivity index (χ0n) is 8.95. The van der Waals surface area contributed by atoms with E-state index >= 15 is 0 Å². The second-order valence-corrected chi connectivity index (χ2v) is 3.43. The molecule has 1 N–H and O–H groups in total. The van der Waals surface area contributed by atoms with Crippen LogP contribution in [0.15, 0.2) is 24.5 Å². The summed E-state index contributed by atoms with van der Waals surface area (Å²) < 4.78 is 1.44. The van der Waals surface area contributed by atoms with Gasteiger partial charge in [-0.2, -0.15) is 5.26 Å². The second kappa shape index (κ2) is 4.06. The molecule has 0 bridgehead atoms. The van der Waals surface area contributed by atoms with Crippen LogP contribution >= 0.6 is 0 Å². The molecule has 0 fully saturated rings. The second-order valence-electron chi connectivity index (χ2n) is 3.43.